The van der Waals surface area contributed by atoms with Crippen LogP contribution in [0.2, 0.25) is 0 Å². The molecule has 0 N–H and O–H groups in total. The van der Waals surface area contributed by atoms with E-state index in [9.17, 15) is 9.59 Å². The lowest BCUT2D eigenvalue weighted by Crippen LogP contribution is -2.20. The van der Waals surface area contributed by atoms with Crippen molar-refractivity contribution >= 4 is 11.9 Å². The molecule has 0 bridgehead atoms. The molecule has 0 saturated heterocycles. The highest BCUT2D eigenvalue weighted by Crippen LogP contribution is 2.31. The summed E-state index contributed by atoms with van der Waals surface area (Å²) >= 11 is 0. The minimum Gasteiger partial charge on any atom is -0.423 e. The minimum absolute atomic E-state index is 0.0883. The summed E-state index contributed by atoms with van der Waals surface area (Å²) in [5.74, 6) is 0.159. The van der Waals surface area contributed by atoms with Gasteiger partial charge in [0.2, 0.25) is 0 Å². The van der Waals surface area contributed by atoms with Crippen molar-refractivity contribution in [1.29, 1.82) is 0 Å². The van der Waals surface area contributed by atoms with Gasteiger partial charge in [-0.3, -0.25) is 0 Å². The van der Waals surface area contributed by atoms with Crippen molar-refractivity contribution in [3.63, 3.8) is 0 Å². The molecule has 4 heteroatoms. The lowest BCUT2D eigenvalue weighted by molar-refractivity contribution is -0.130. The zero-order chi connectivity index (χ0) is 24.9. The first kappa shape index (κ1) is 24.7. The van der Waals surface area contributed by atoms with Crippen molar-refractivity contribution in [1.82, 2.24) is 0 Å². The normalized spacial score (nSPS) is 10.9. The Hall–Kier alpha value is -3.92. The standard InChI is InChI=1S/C30H30O4/c1-20(2)28(31)33-26-15-7-22(8-16-26)19-30(5,6)25-13-9-23(10-14-25)24-11-17-27(18-12-24)34-29(32)21(3)4/h7-18H,1,3,19H2,2,4-6H3. The molecule has 0 fully saturated rings. The number of hydrogen-bond acceptors (Lipinski definition) is 4. The molecule has 0 unspecified atom stereocenters. The molecule has 0 aliphatic carbocycles. The molecular formula is C30H30O4. The fourth-order valence-corrected chi connectivity index (χ4v) is 3.51. The largest absolute Gasteiger partial charge is 0.423 e. The maximum atomic E-state index is 11.7. The van der Waals surface area contributed by atoms with Crippen LogP contribution in [0, 0.1) is 0 Å². The Labute approximate surface area is 201 Å². The monoisotopic (exact) mass is 454 g/mol. The molecule has 3 aromatic carbocycles. The second-order valence-electron chi connectivity index (χ2n) is 9.15. The third-order valence-corrected chi connectivity index (χ3v) is 5.54. The molecule has 34 heavy (non-hydrogen) atoms. The van der Waals surface area contributed by atoms with Gasteiger partial charge in [-0.2, -0.15) is 0 Å². The lowest BCUT2D eigenvalue weighted by Gasteiger charge is -2.26. The summed E-state index contributed by atoms with van der Waals surface area (Å²) in [5, 5.41) is 0. The summed E-state index contributed by atoms with van der Waals surface area (Å²) in [7, 11) is 0. The van der Waals surface area contributed by atoms with Crippen molar-refractivity contribution in [3.8, 4) is 22.6 Å². The molecule has 0 aromatic heterocycles. The predicted octanol–water partition coefficient (Wildman–Crippen LogP) is 6.84. The summed E-state index contributed by atoms with van der Waals surface area (Å²) < 4.78 is 10.5. The van der Waals surface area contributed by atoms with Crippen LogP contribution in [0.25, 0.3) is 11.1 Å². The molecule has 3 rings (SSSR count). The molecule has 174 valence electrons. The van der Waals surface area contributed by atoms with Crippen molar-refractivity contribution in [2.24, 2.45) is 0 Å². The Morgan fingerprint density at radius 3 is 1.47 bits per heavy atom. The van der Waals surface area contributed by atoms with Crippen LogP contribution in [0.3, 0.4) is 0 Å². The highest BCUT2D eigenvalue weighted by atomic mass is 16.5. The Morgan fingerprint density at radius 2 is 1.06 bits per heavy atom. The zero-order valence-electron chi connectivity index (χ0n) is 20.2. The minimum atomic E-state index is -0.429. The number of rotatable bonds is 8. The van der Waals surface area contributed by atoms with E-state index in [2.05, 4.69) is 51.3 Å². The van der Waals surface area contributed by atoms with Crippen molar-refractivity contribution in [3.05, 3.63) is 108 Å². The second-order valence-corrected chi connectivity index (χ2v) is 9.15. The zero-order valence-corrected chi connectivity index (χ0v) is 20.2. The highest BCUT2D eigenvalue weighted by Gasteiger charge is 2.21. The SMILES string of the molecule is C=C(C)C(=O)Oc1ccc(CC(C)(C)c2ccc(-c3ccc(OC(=O)C(=C)C)cc3)cc2)cc1. The van der Waals surface area contributed by atoms with E-state index in [1.54, 1.807) is 26.0 Å². The van der Waals surface area contributed by atoms with Gasteiger partial charge in [0, 0.05) is 11.1 Å². The van der Waals surface area contributed by atoms with Crippen LogP contribution >= 0.6 is 0 Å². The van der Waals surface area contributed by atoms with Gasteiger partial charge in [0.25, 0.3) is 0 Å². The van der Waals surface area contributed by atoms with Gasteiger partial charge in [-0.05, 0) is 72.2 Å². The van der Waals surface area contributed by atoms with Crippen LogP contribution in [0.15, 0.2) is 97.1 Å². The van der Waals surface area contributed by atoms with E-state index >= 15 is 0 Å². The van der Waals surface area contributed by atoms with E-state index in [0.29, 0.717) is 22.6 Å². The maximum absolute atomic E-state index is 11.7. The fourth-order valence-electron chi connectivity index (χ4n) is 3.51. The van der Waals surface area contributed by atoms with E-state index in [4.69, 9.17) is 9.47 Å². The first-order chi connectivity index (χ1) is 16.0. The Morgan fingerprint density at radius 1 is 0.676 bits per heavy atom. The molecule has 0 atom stereocenters. The van der Waals surface area contributed by atoms with Gasteiger partial charge in [-0.25, -0.2) is 9.59 Å². The van der Waals surface area contributed by atoms with Gasteiger partial charge in [0.1, 0.15) is 11.5 Å². The summed E-state index contributed by atoms with van der Waals surface area (Å²) in [4.78, 5) is 23.3. The average molecular weight is 455 g/mol. The Kier molecular flexibility index (Phi) is 7.52. The third kappa shape index (κ3) is 6.32. The molecular weight excluding hydrogens is 424 g/mol. The van der Waals surface area contributed by atoms with Gasteiger partial charge in [0.05, 0.1) is 0 Å². The number of esters is 2. The van der Waals surface area contributed by atoms with Crippen molar-refractivity contribution in [2.45, 2.75) is 39.5 Å². The molecule has 4 nitrogen and oxygen atoms in total. The van der Waals surface area contributed by atoms with E-state index in [0.717, 1.165) is 23.1 Å². The third-order valence-electron chi connectivity index (χ3n) is 5.54. The molecule has 0 aliphatic rings. The molecule has 0 saturated carbocycles. The first-order valence-corrected chi connectivity index (χ1v) is 11.1. The average Bonchev–Trinajstić information content (AvgIpc) is 2.80. The number of ether oxygens (including phenoxy) is 2. The molecule has 0 amide bonds. The summed E-state index contributed by atoms with van der Waals surface area (Å²) in [6.07, 6.45) is 0.837. The van der Waals surface area contributed by atoms with Gasteiger partial charge in [0.15, 0.2) is 0 Å². The summed E-state index contributed by atoms with van der Waals surface area (Å²) in [6.45, 7) is 14.9. The van der Waals surface area contributed by atoms with Gasteiger partial charge in [-0.15, -0.1) is 0 Å². The first-order valence-electron chi connectivity index (χ1n) is 11.1. The van der Waals surface area contributed by atoms with Crippen LogP contribution in [0.1, 0.15) is 38.8 Å². The number of benzene rings is 3. The predicted molar refractivity (Wildman–Crippen MR) is 136 cm³/mol. The van der Waals surface area contributed by atoms with Crippen LogP contribution in [-0.4, -0.2) is 11.9 Å². The van der Waals surface area contributed by atoms with Crippen molar-refractivity contribution in [2.75, 3.05) is 0 Å². The van der Waals surface area contributed by atoms with Gasteiger partial charge >= 0.3 is 11.9 Å². The van der Waals surface area contributed by atoms with Crippen LogP contribution in [0.5, 0.6) is 11.5 Å². The van der Waals surface area contributed by atoms with E-state index in [1.165, 1.54) is 5.56 Å². The quantitative estimate of drug-likeness (QED) is 0.212. The lowest BCUT2D eigenvalue weighted by atomic mass is 9.79. The Bertz CT molecular complexity index is 1200. The topological polar surface area (TPSA) is 52.6 Å². The van der Waals surface area contributed by atoms with Gasteiger partial charge < -0.3 is 9.47 Å². The van der Waals surface area contributed by atoms with E-state index in [-0.39, 0.29) is 5.41 Å². The molecule has 0 aliphatic heterocycles. The van der Waals surface area contributed by atoms with E-state index in [1.807, 2.05) is 36.4 Å². The van der Waals surface area contributed by atoms with E-state index < -0.39 is 11.9 Å². The molecule has 3 aromatic rings. The fraction of sp³-hybridized carbons (Fsp3) is 0.200. The smallest absolute Gasteiger partial charge is 0.338 e. The molecule has 0 heterocycles. The van der Waals surface area contributed by atoms with Crippen LogP contribution in [0.4, 0.5) is 0 Å². The molecule has 0 spiro atoms. The second kappa shape index (κ2) is 10.3. The Balaban J connectivity index is 1.67. The van der Waals surface area contributed by atoms with Crippen LogP contribution < -0.4 is 9.47 Å². The van der Waals surface area contributed by atoms with Crippen LogP contribution in [-0.2, 0) is 21.4 Å². The molecule has 0 radical (unpaired) electrons. The summed E-state index contributed by atoms with van der Waals surface area (Å²) in [6, 6.07) is 23.5. The number of carbonyl (C=O) groups excluding carboxylic acids is 2. The number of carbonyl (C=O) groups is 2. The highest BCUT2D eigenvalue weighted by molar-refractivity contribution is 5.89. The van der Waals surface area contributed by atoms with Gasteiger partial charge in [-0.1, -0.05) is 75.5 Å². The number of hydrogen-bond donors (Lipinski definition) is 0. The summed E-state index contributed by atoms with van der Waals surface area (Å²) in [5.41, 5.74) is 5.15. The van der Waals surface area contributed by atoms with Crippen molar-refractivity contribution < 1.29 is 19.1 Å². The maximum Gasteiger partial charge on any atom is 0.338 e.